The number of hydroxylamine groups is 1. The van der Waals surface area contributed by atoms with E-state index >= 15 is 0 Å². The summed E-state index contributed by atoms with van der Waals surface area (Å²) in [7, 11) is 1.92. The molecular weight excluding hydrogens is 318 g/mol. The first-order valence-corrected chi connectivity index (χ1v) is 9.01. The van der Waals surface area contributed by atoms with E-state index in [1.807, 2.05) is 35.0 Å². The summed E-state index contributed by atoms with van der Waals surface area (Å²) >= 11 is 0. The Balaban J connectivity index is 1.46. The van der Waals surface area contributed by atoms with Crippen molar-refractivity contribution in [2.75, 3.05) is 26.7 Å². The molecule has 2 heterocycles. The fraction of sp³-hybridized carbons (Fsp3) is 0.579. The second-order valence-corrected chi connectivity index (χ2v) is 8.00. The Morgan fingerprint density at radius 1 is 1.20 bits per heavy atom. The number of piperidine rings is 1. The molecule has 6 nitrogen and oxygen atoms in total. The maximum atomic E-state index is 13.1. The molecule has 2 atom stereocenters. The van der Waals surface area contributed by atoms with Gasteiger partial charge in [0.1, 0.15) is 6.04 Å². The maximum Gasteiger partial charge on any atom is 0.248 e. The molecule has 1 spiro atoms. The van der Waals surface area contributed by atoms with Gasteiger partial charge in [0, 0.05) is 25.6 Å². The highest BCUT2D eigenvalue weighted by molar-refractivity contribution is 5.90. The lowest BCUT2D eigenvalue weighted by molar-refractivity contribution is -0.153. The van der Waals surface area contributed by atoms with Crippen LogP contribution in [-0.4, -0.2) is 59.5 Å². The van der Waals surface area contributed by atoms with Crippen LogP contribution in [0.4, 0.5) is 0 Å². The van der Waals surface area contributed by atoms with E-state index in [9.17, 15) is 9.59 Å². The highest BCUT2D eigenvalue weighted by Gasteiger charge is 2.55. The van der Waals surface area contributed by atoms with E-state index in [-0.39, 0.29) is 11.3 Å². The molecule has 6 heteroatoms. The van der Waals surface area contributed by atoms with Gasteiger partial charge < -0.3 is 4.90 Å². The highest BCUT2D eigenvalue weighted by atomic mass is 16.5. The molecule has 2 N–H and O–H groups in total. The normalized spacial score (nSPS) is 28.5. The smallest absolute Gasteiger partial charge is 0.248 e. The molecule has 0 radical (unpaired) electrons. The third-order valence-electron chi connectivity index (χ3n) is 6.22. The summed E-state index contributed by atoms with van der Waals surface area (Å²) in [4.78, 5) is 29.1. The van der Waals surface area contributed by atoms with E-state index in [2.05, 4.69) is 12.1 Å². The molecule has 2 amide bonds. The van der Waals surface area contributed by atoms with Crippen LogP contribution in [0.15, 0.2) is 30.3 Å². The minimum Gasteiger partial charge on any atom is -0.340 e. The minimum absolute atomic E-state index is 0.0128. The monoisotopic (exact) mass is 343 g/mol. The van der Waals surface area contributed by atoms with Crippen LogP contribution >= 0.6 is 0 Å². The summed E-state index contributed by atoms with van der Waals surface area (Å²) in [5.74, 6) is -0.524. The number of benzene rings is 1. The summed E-state index contributed by atoms with van der Waals surface area (Å²) in [6, 6.07) is 9.75. The molecule has 1 aromatic rings. The Morgan fingerprint density at radius 3 is 2.48 bits per heavy atom. The summed E-state index contributed by atoms with van der Waals surface area (Å²) in [6.45, 7) is 2.26. The van der Waals surface area contributed by atoms with Crippen LogP contribution in [0.1, 0.15) is 30.7 Å². The quantitative estimate of drug-likeness (QED) is 0.639. The van der Waals surface area contributed by atoms with Crippen LogP contribution in [0.5, 0.6) is 0 Å². The van der Waals surface area contributed by atoms with Crippen LogP contribution in [-0.2, 0) is 9.59 Å². The average Bonchev–Trinajstić information content (AvgIpc) is 3.31. The zero-order valence-electron chi connectivity index (χ0n) is 14.5. The van der Waals surface area contributed by atoms with Crippen LogP contribution in [0.3, 0.4) is 0 Å². The third-order valence-corrected chi connectivity index (χ3v) is 6.22. The number of nitrogens with one attached hydrogen (secondary N) is 1. The lowest BCUT2D eigenvalue weighted by Gasteiger charge is -2.47. The van der Waals surface area contributed by atoms with Gasteiger partial charge in [-0.15, -0.1) is 0 Å². The molecule has 134 valence electrons. The van der Waals surface area contributed by atoms with Gasteiger partial charge in [0.2, 0.25) is 11.8 Å². The second kappa shape index (κ2) is 6.11. The largest absolute Gasteiger partial charge is 0.340 e. The number of likely N-dealkylation sites (tertiary alicyclic amines) is 2. The molecule has 2 saturated heterocycles. The Morgan fingerprint density at radius 2 is 1.88 bits per heavy atom. The average molecular weight is 343 g/mol. The first-order chi connectivity index (χ1) is 12.0. The van der Waals surface area contributed by atoms with Crippen LogP contribution in [0.25, 0.3) is 0 Å². The number of carbonyl (C=O) groups excluding carboxylic acids is 2. The number of likely N-dealkylation sites (N-methyl/N-ethyl adjacent to an activating group) is 1. The van der Waals surface area contributed by atoms with Crippen LogP contribution < -0.4 is 5.48 Å². The van der Waals surface area contributed by atoms with E-state index in [1.54, 1.807) is 5.48 Å². The van der Waals surface area contributed by atoms with Gasteiger partial charge in [0.15, 0.2) is 0 Å². The molecule has 0 bridgehead atoms. The third kappa shape index (κ3) is 2.93. The SMILES string of the molecule is CN1CC2(CC2)CC(C(=O)NO)C1C(=O)N1CC(c2ccccc2)C1. The van der Waals surface area contributed by atoms with Gasteiger partial charge in [-0.2, -0.15) is 0 Å². The highest BCUT2D eigenvalue weighted by Crippen LogP contribution is 2.54. The number of hydrogen-bond donors (Lipinski definition) is 2. The Kier molecular flexibility index (Phi) is 4.04. The second-order valence-electron chi connectivity index (χ2n) is 8.00. The number of nitrogens with zero attached hydrogens (tertiary/aromatic N) is 2. The van der Waals surface area contributed by atoms with Gasteiger partial charge >= 0.3 is 0 Å². The first-order valence-electron chi connectivity index (χ1n) is 9.01. The van der Waals surface area contributed by atoms with Gasteiger partial charge in [-0.25, -0.2) is 5.48 Å². The topological polar surface area (TPSA) is 72.9 Å². The molecule has 1 aromatic carbocycles. The van der Waals surface area contributed by atoms with Gasteiger partial charge in [-0.05, 0) is 37.3 Å². The van der Waals surface area contributed by atoms with Crippen LogP contribution in [0, 0.1) is 11.3 Å². The lowest BCUT2D eigenvalue weighted by Crippen LogP contribution is -2.62. The lowest BCUT2D eigenvalue weighted by atomic mass is 9.79. The van der Waals surface area contributed by atoms with Crippen molar-refractivity contribution in [2.45, 2.75) is 31.2 Å². The fourth-order valence-corrected chi connectivity index (χ4v) is 4.58. The predicted octanol–water partition coefficient (Wildman–Crippen LogP) is 1.22. The van der Waals surface area contributed by atoms with Crippen molar-refractivity contribution in [3.8, 4) is 0 Å². The molecule has 3 aliphatic rings. The molecule has 3 fully saturated rings. The molecule has 2 unspecified atom stereocenters. The molecule has 25 heavy (non-hydrogen) atoms. The van der Waals surface area contributed by atoms with Gasteiger partial charge in [-0.1, -0.05) is 30.3 Å². The number of hydrogen-bond acceptors (Lipinski definition) is 4. The molecule has 0 aromatic heterocycles. The first kappa shape index (κ1) is 16.5. The van der Waals surface area contributed by atoms with E-state index in [0.717, 1.165) is 19.4 Å². The molecular formula is C19H25N3O3. The van der Waals surface area contributed by atoms with Gasteiger partial charge in [-0.3, -0.25) is 19.7 Å². The molecule has 1 aliphatic carbocycles. The molecule has 1 saturated carbocycles. The molecule has 2 aliphatic heterocycles. The van der Waals surface area contributed by atoms with E-state index in [0.29, 0.717) is 25.4 Å². The van der Waals surface area contributed by atoms with E-state index in [1.165, 1.54) is 5.56 Å². The summed E-state index contributed by atoms with van der Waals surface area (Å²) < 4.78 is 0. The van der Waals surface area contributed by atoms with Crippen molar-refractivity contribution < 1.29 is 14.8 Å². The summed E-state index contributed by atoms with van der Waals surface area (Å²) in [5.41, 5.74) is 3.20. The standard InChI is InChI=1S/C19H25N3O3/c1-21-12-19(7-8-19)9-15(17(23)20-25)16(21)18(24)22-10-14(11-22)13-5-3-2-4-6-13/h2-6,14-16,25H,7-12H2,1H3,(H,20,23). The zero-order chi connectivity index (χ0) is 17.6. The van der Waals surface area contributed by atoms with Gasteiger partial charge in [0.05, 0.1) is 5.92 Å². The van der Waals surface area contributed by atoms with Crippen molar-refractivity contribution in [3.63, 3.8) is 0 Å². The van der Waals surface area contributed by atoms with Crippen LogP contribution in [0.2, 0.25) is 0 Å². The zero-order valence-corrected chi connectivity index (χ0v) is 14.5. The number of carbonyl (C=O) groups is 2. The van der Waals surface area contributed by atoms with Crippen molar-refractivity contribution >= 4 is 11.8 Å². The van der Waals surface area contributed by atoms with E-state index in [4.69, 9.17) is 5.21 Å². The summed E-state index contributed by atoms with van der Waals surface area (Å²) in [6.07, 6.45) is 2.90. The Hall–Kier alpha value is -1.92. The fourth-order valence-electron chi connectivity index (χ4n) is 4.58. The van der Waals surface area contributed by atoms with Crippen molar-refractivity contribution in [2.24, 2.45) is 11.3 Å². The van der Waals surface area contributed by atoms with Gasteiger partial charge in [0.25, 0.3) is 0 Å². The maximum absolute atomic E-state index is 13.1. The predicted molar refractivity (Wildman–Crippen MR) is 91.9 cm³/mol. The van der Waals surface area contributed by atoms with E-state index < -0.39 is 17.9 Å². The van der Waals surface area contributed by atoms with Crippen molar-refractivity contribution in [1.29, 1.82) is 0 Å². The molecule has 4 rings (SSSR count). The Bertz CT molecular complexity index is 668. The number of rotatable bonds is 3. The van der Waals surface area contributed by atoms with Crippen molar-refractivity contribution in [3.05, 3.63) is 35.9 Å². The number of amides is 2. The van der Waals surface area contributed by atoms with Crippen molar-refractivity contribution in [1.82, 2.24) is 15.3 Å². The Labute approximate surface area is 147 Å². The summed E-state index contributed by atoms with van der Waals surface area (Å²) in [5, 5.41) is 9.12. The minimum atomic E-state index is -0.477.